The minimum absolute atomic E-state index is 0.226. The van der Waals surface area contributed by atoms with Crippen LogP contribution in [0.4, 0.5) is 0 Å². The molecule has 14 heavy (non-hydrogen) atoms. The van der Waals surface area contributed by atoms with Crippen molar-refractivity contribution in [1.82, 2.24) is 4.98 Å². The minimum atomic E-state index is -0.768. The number of pyridine rings is 1. The number of nitrogens with zero attached hydrogens (tertiary/aromatic N) is 2. The zero-order valence-electron chi connectivity index (χ0n) is 8.13. The van der Waals surface area contributed by atoms with E-state index in [0.717, 1.165) is 12.8 Å². The Morgan fingerprint density at radius 1 is 1.36 bits per heavy atom. The molecule has 0 unspecified atom stereocenters. The van der Waals surface area contributed by atoms with Crippen LogP contribution in [0.3, 0.4) is 0 Å². The standard InChI is InChI=1S/C5H5N.C4H9NO3/c1-2-4-6-5-3-1;1-2-3-4-8-5(6)7/h1-5H;2-4H2,1H3. The van der Waals surface area contributed by atoms with Gasteiger partial charge in [0.15, 0.2) is 0 Å². The molecule has 78 valence electrons. The van der Waals surface area contributed by atoms with Crippen molar-refractivity contribution < 1.29 is 9.92 Å². The lowest BCUT2D eigenvalue weighted by atomic mass is 10.4. The third kappa shape index (κ3) is 10.3. The number of rotatable bonds is 4. The molecular formula is C9H14N2O3. The van der Waals surface area contributed by atoms with Gasteiger partial charge >= 0.3 is 0 Å². The van der Waals surface area contributed by atoms with Crippen molar-refractivity contribution in [1.29, 1.82) is 0 Å². The molecule has 0 N–H and O–H groups in total. The highest BCUT2D eigenvalue weighted by molar-refractivity contribution is 4.88. The quantitative estimate of drug-likeness (QED) is 0.422. The first kappa shape index (κ1) is 12.3. The highest BCUT2D eigenvalue weighted by Crippen LogP contribution is 1.86. The predicted octanol–water partition coefficient (Wildman–Crippen LogP) is 2.08. The molecule has 0 bridgehead atoms. The van der Waals surface area contributed by atoms with E-state index in [1.165, 1.54) is 0 Å². The van der Waals surface area contributed by atoms with Crippen molar-refractivity contribution in [3.8, 4) is 0 Å². The van der Waals surface area contributed by atoms with Gasteiger partial charge in [-0.1, -0.05) is 19.4 Å². The molecule has 0 aliphatic rings. The summed E-state index contributed by atoms with van der Waals surface area (Å²) in [7, 11) is 0. The number of hydrogen-bond acceptors (Lipinski definition) is 4. The Balaban J connectivity index is 0.000000249. The lowest BCUT2D eigenvalue weighted by Crippen LogP contribution is -2.00. The summed E-state index contributed by atoms with van der Waals surface area (Å²) < 4.78 is 0. The highest BCUT2D eigenvalue weighted by atomic mass is 16.9. The van der Waals surface area contributed by atoms with Gasteiger partial charge in [-0.15, -0.1) is 10.1 Å². The molecule has 0 radical (unpaired) electrons. The zero-order chi connectivity index (χ0) is 10.6. The Morgan fingerprint density at radius 3 is 2.29 bits per heavy atom. The molecule has 0 saturated carbocycles. The molecule has 0 aromatic carbocycles. The summed E-state index contributed by atoms with van der Waals surface area (Å²) in [6.45, 7) is 2.17. The molecule has 0 atom stereocenters. The first-order valence-electron chi connectivity index (χ1n) is 4.39. The van der Waals surface area contributed by atoms with Gasteiger partial charge in [-0.05, 0) is 18.6 Å². The second kappa shape index (κ2) is 9.44. The van der Waals surface area contributed by atoms with Gasteiger partial charge in [0.1, 0.15) is 0 Å². The van der Waals surface area contributed by atoms with Crippen LogP contribution in [0.5, 0.6) is 0 Å². The van der Waals surface area contributed by atoms with Crippen molar-refractivity contribution in [3.63, 3.8) is 0 Å². The molecule has 5 nitrogen and oxygen atoms in total. The van der Waals surface area contributed by atoms with Crippen LogP contribution in [-0.2, 0) is 4.84 Å². The average Bonchev–Trinajstić information content (AvgIpc) is 2.21. The molecule has 0 amide bonds. The molecule has 0 fully saturated rings. The summed E-state index contributed by atoms with van der Waals surface area (Å²) in [4.78, 5) is 17.2. The van der Waals surface area contributed by atoms with Crippen molar-refractivity contribution >= 4 is 0 Å². The van der Waals surface area contributed by atoms with Crippen molar-refractivity contribution in [2.45, 2.75) is 19.8 Å². The summed E-state index contributed by atoms with van der Waals surface area (Å²) in [6, 6.07) is 5.72. The average molecular weight is 198 g/mol. The summed E-state index contributed by atoms with van der Waals surface area (Å²) >= 11 is 0. The van der Waals surface area contributed by atoms with Gasteiger partial charge < -0.3 is 4.84 Å². The van der Waals surface area contributed by atoms with E-state index in [-0.39, 0.29) is 6.61 Å². The molecule has 5 heteroatoms. The topological polar surface area (TPSA) is 65.3 Å². The fourth-order valence-corrected chi connectivity index (χ4v) is 0.596. The maximum atomic E-state index is 9.46. The first-order valence-corrected chi connectivity index (χ1v) is 4.39. The van der Waals surface area contributed by atoms with Gasteiger partial charge in [0.25, 0.3) is 5.09 Å². The zero-order valence-corrected chi connectivity index (χ0v) is 8.13. The van der Waals surface area contributed by atoms with Crippen LogP contribution in [0.15, 0.2) is 30.6 Å². The molecular weight excluding hydrogens is 184 g/mol. The predicted molar refractivity (Wildman–Crippen MR) is 52.1 cm³/mol. The summed E-state index contributed by atoms with van der Waals surface area (Å²) in [6.07, 6.45) is 5.18. The van der Waals surface area contributed by atoms with Crippen LogP contribution < -0.4 is 0 Å². The second-order valence-electron chi connectivity index (χ2n) is 2.43. The van der Waals surface area contributed by atoms with Gasteiger partial charge in [-0.25, -0.2) is 0 Å². The van der Waals surface area contributed by atoms with Gasteiger partial charge in [0, 0.05) is 12.4 Å². The molecule has 1 rings (SSSR count). The van der Waals surface area contributed by atoms with E-state index >= 15 is 0 Å². The molecule has 0 aliphatic heterocycles. The van der Waals surface area contributed by atoms with E-state index in [4.69, 9.17) is 0 Å². The van der Waals surface area contributed by atoms with E-state index in [1.54, 1.807) is 12.4 Å². The summed E-state index contributed by atoms with van der Waals surface area (Å²) in [5.41, 5.74) is 0. The fourth-order valence-electron chi connectivity index (χ4n) is 0.596. The largest absolute Gasteiger partial charge is 0.314 e. The first-order chi connectivity index (χ1) is 6.77. The van der Waals surface area contributed by atoms with E-state index in [0.29, 0.717) is 0 Å². The number of aromatic nitrogens is 1. The monoisotopic (exact) mass is 198 g/mol. The van der Waals surface area contributed by atoms with E-state index in [1.807, 2.05) is 25.1 Å². The Hall–Kier alpha value is -1.65. The number of hydrogen-bond donors (Lipinski definition) is 0. The van der Waals surface area contributed by atoms with E-state index in [9.17, 15) is 10.1 Å². The summed E-state index contributed by atoms with van der Waals surface area (Å²) in [5.74, 6) is 0. The van der Waals surface area contributed by atoms with Gasteiger partial charge in [0.05, 0.1) is 6.61 Å². The molecule has 0 spiro atoms. The molecule has 1 heterocycles. The Bertz CT molecular complexity index is 202. The lowest BCUT2D eigenvalue weighted by molar-refractivity contribution is -0.757. The van der Waals surface area contributed by atoms with Crippen LogP contribution in [0.1, 0.15) is 19.8 Å². The third-order valence-corrected chi connectivity index (χ3v) is 1.26. The third-order valence-electron chi connectivity index (χ3n) is 1.26. The van der Waals surface area contributed by atoms with E-state index in [2.05, 4.69) is 9.82 Å². The van der Waals surface area contributed by atoms with Crippen molar-refractivity contribution in [3.05, 3.63) is 40.7 Å². The molecule has 0 saturated heterocycles. The Kier molecular flexibility index (Phi) is 8.33. The van der Waals surface area contributed by atoms with Gasteiger partial charge in [-0.3, -0.25) is 4.98 Å². The fraction of sp³-hybridized carbons (Fsp3) is 0.444. The minimum Gasteiger partial charge on any atom is -0.314 e. The van der Waals surface area contributed by atoms with E-state index < -0.39 is 5.09 Å². The van der Waals surface area contributed by atoms with Gasteiger partial charge in [-0.2, -0.15) is 0 Å². The second-order valence-corrected chi connectivity index (χ2v) is 2.43. The Morgan fingerprint density at radius 2 is 2.00 bits per heavy atom. The summed E-state index contributed by atoms with van der Waals surface area (Å²) in [5, 5.41) is 8.69. The van der Waals surface area contributed by atoms with Crippen LogP contribution in [0.25, 0.3) is 0 Å². The maximum absolute atomic E-state index is 9.46. The van der Waals surface area contributed by atoms with Gasteiger partial charge in [0.2, 0.25) is 0 Å². The molecule has 1 aromatic rings. The van der Waals surface area contributed by atoms with Crippen molar-refractivity contribution in [2.24, 2.45) is 0 Å². The normalized spacial score (nSPS) is 8.36. The Labute approximate surface area is 82.8 Å². The van der Waals surface area contributed by atoms with Crippen LogP contribution in [-0.4, -0.2) is 16.7 Å². The lowest BCUT2D eigenvalue weighted by Gasteiger charge is -1.92. The molecule has 0 aliphatic carbocycles. The smallest absolute Gasteiger partial charge is 0.294 e. The van der Waals surface area contributed by atoms with Crippen molar-refractivity contribution in [2.75, 3.05) is 6.61 Å². The number of unbranched alkanes of at least 4 members (excludes halogenated alkanes) is 1. The van der Waals surface area contributed by atoms with Crippen LogP contribution >= 0.6 is 0 Å². The molecule has 1 aromatic heterocycles. The highest BCUT2D eigenvalue weighted by Gasteiger charge is 1.89. The van der Waals surface area contributed by atoms with Crippen LogP contribution in [0, 0.1) is 10.1 Å². The van der Waals surface area contributed by atoms with Crippen LogP contribution in [0.2, 0.25) is 0 Å². The SMILES string of the molecule is CCCCO[N+](=O)[O-].c1ccncc1. The maximum Gasteiger partial charge on any atom is 0.294 e.